The molecule has 2 aromatic carbocycles. The van der Waals surface area contributed by atoms with Crippen LogP contribution in [0.15, 0.2) is 75.1 Å². The Labute approximate surface area is 162 Å². The Hall–Kier alpha value is -2.78. The maximum Gasteiger partial charge on any atom is 0.416 e. The van der Waals surface area contributed by atoms with Crippen molar-refractivity contribution in [3.05, 3.63) is 77.0 Å². The monoisotopic (exact) mass is 429 g/mol. The van der Waals surface area contributed by atoms with Crippen LogP contribution in [0.3, 0.4) is 0 Å². The summed E-state index contributed by atoms with van der Waals surface area (Å²) in [6.07, 6.45) is -4.62. The van der Waals surface area contributed by atoms with Gasteiger partial charge in [0.15, 0.2) is 5.76 Å². The van der Waals surface area contributed by atoms with Gasteiger partial charge in [-0.2, -0.15) is 13.2 Å². The Morgan fingerprint density at radius 3 is 2.32 bits per heavy atom. The number of alkyl halides is 3. The maximum absolute atomic E-state index is 12.8. The average molecular weight is 430 g/mol. The fourth-order valence-electron chi connectivity index (χ4n) is 2.28. The van der Waals surface area contributed by atoms with Crippen molar-refractivity contribution >= 4 is 33.0 Å². The topological polar surface area (TPSA) is 76.4 Å². The van der Waals surface area contributed by atoms with Crippen molar-refractivity contribution in [3.8, 4) is 0 Å². The molecule has 1 heterocycles. The highest BCUT2D eigenvalue weighted by Gasteiger charge is 2.31. The summed E-state index contributed by atoms with van der Waals surface area (Å²) in [5.41, 5.74) is -1.29. The summed E-state index contributed by atoms with van der Waals surface area (Å²) >= 11 is 5.83. The third-order valence-corrected chi connectivity index (χ3v) is 5.64. The van der Waals surface area contributed by atoms with Gasteiger partial charge in [-0.05, 0) is 42.5 Å². The van der Waals surface area contributed by atoms with Crippen molar-refractivity contribution in [1.29, 1.82) is 0 Å². The van der Waals surface area contributed by atoms with Crippen LogP contribution < -0.4 is 5.32 Å². The van der Waals surface area contributed by atoms with E-state index < -0.39 is 38.3 Å². The highest BCUT2D eigenvalue weighted by Crippen LogP contribution is 2.34. The highest BCUT2D eigenvalue weighted by atomic mass is 35.5. The van der Waals surface area contributed by atoms with E-state index in [0.29, 0.717) is 6.07 Å². The number of benzene rings is 2. The molecule has 0 aliphatic heterocycles. The van der Waals surface area contributed by atoms with E-state index in [9.17, 15) is 26.4 Å². The molecule has 0 atom stereocenters. The summed E-state index contributed by atoms with van der Waals surface area (Å²) in [4.78, 5) is 12.2. The Morgan fingerprint density at radius 1 is 1.00 bits per heavy atom. The minimum atomic E-state index is -4.62. The summed E-state index contributed by atoms with van der Waals surface area (Å²) in [7, 11) is -3.98. The number of nitrogens with one attached hydrogen (secondary N) is 1. The number of rotatable bonds is 4. The minimum absolute atomic E-state index is 0.0303. The zero-order valence-corrected chi connectivity index (χ0v) is 15.4. The number of anilines is 1. The Balaban J connectivity index is 1.86. The van der Waals surface area contributed by atoms with E-state index >= 15 is 0 Å². The van der Waals surface area contributed by atoms with Crippen LogP contribution in [-0.2, 0) is 16.0 Å². The van der Waals surface area contributed by atoms with Gasteiger partial charge in [0, 0.05) is 0 Å². The molecule has 1 amide bonds. The lowest BCUT2D eigenvalue weighted by atomic mass is 10.2. The first-order valence-electron chi connectivity index (χ1n) is 7.67. The van der Waals surface area contributed by atoms with E-state index in [1.807, 2.05) is 0 Å². The Bertz CT molecular complexity index is 1130. The van der Waals surface area contributed by atoms with Crippen molar-refractivity contribution in [3.63, 3.8) is 0 Å². The molecule has 0 bridgehead atoms. The van der Waals surface area contributed by atoms with Gasteiger partial charge in [0.05, 0.1) is 21.2 Å². The van der Waals surface area contributed by atoms with E-state index in [1.165, 1.54) is 24.3 Å². The fourth-order valence-corrected chi connectivity index (χ4v) is 3.64. The molecule has 0 unspecified atom stereocenters. The van der Waals surface area contributed by atoms with Crippen LogP contribution in [0.5, 0.6) is 0 Å². The second-order valence-corrected chi connectivity index (χ2v) is 7.87. The number of sulfone groups is 1. The van der Waals surface area contributed by atoms with E-state index in [0.717, 1.165) is 24.3 Å². The molecule has 0 aliphatic rings. The zero-order valence-electron chi connectivity index (χ0n) is 13.8. The lowest BCUT2D eigenvalue weighted by Crippen LogP contribution is -2.13. The molecular formula is C18H11ClF3NO4S. The van der Waals surface area contributed by atoms with Gasteiger partial charge in [0.25, 0.3) is 5.91 Å². The number of amides is 1. The van der Waals surface area contributed by atoms with E-state index in [4.69, 9.17) is 16.0 Å². The van der Waals surface area contributed by atoms with Crippen molar-refractivity contribution < 1.29 is 30.8 Å². The van der Waals surface area contributed by atoms with Gasteiger partial charge in [-0.25, -0.2) is 8.42 Å². The Morgan fingerprint density at radius 2 is 1.68 bits per heavy atom. The molecule has 28 heavy (non-hydrogen) atoms. The molecule has 1 N–H and O–H groups in total. The molecule has 1 aromatic heterocycles. The van der Waals surface area contributed by atoms with Gasteiger partial charge in [-0.3, -0.25) is 4.79 Å². The third kappa shape index (κ3) is 4.05. The predicted octanol–water partition coefficient (Wildman–Crippen LogP) is 5.04. The first-order valence-corrected chi connectivity index (χ1v) is 9.53. The summed E-state index contributed by atoms with van der Waals surface area (Å²) in [6, 6.07) is 12.0. The van der Waals surface area contributed by atoms with Crippen LogP contribution in [0.1, 0.15) is 16.1 Å². The van der Waals surface area contributed by atoms with E-state index in [2.05, 4.69) is 5.32 Å². The number of hydrogen-bond donors (Lipinski definition) is 1. The summed E-state index contributed by atoms with van der Waals surface area (Å²) in [5, 5.41) is 1.59. The van der Waals surface area contributed by atoms with Crippen molar-refractivity contribution in [2.75, 3.05) is 5.32 Å². The molecule has 146 valence electrons. The second kappa shape index (κ2) is 7.33. The van der Waals surface area contributed by atoms with Crippen molar-refractivity contribution in [2.24, 2.45) is 0 Å². The standard InChI is InChI=1S/C18H11ClF3NO4S/c19-13-7-6-11(18(20,21)22)10-14(13)23-17(24)15-8-9-16(27-15)28(25,26)12-4-2-1-3-5-12/h1-10H,(H,23,24). The summed E-state index contributed by atoms with van der Waals surface area (Å²) < 4.78 is 68.5. The predicted molar refractivity (Wildman–Crippen MR) is 95.0 cm³/mol. The number of carbonyl (C=O) groups excluding carboxylic acids is 1. The molecule has 0 radical (unpaired) electrons. The second-order valence-electron chi connectivity index (χ2n) is 5.58. The molecule has 0 fully saturated rings. The van der Waals surface area contributed by atoms with Gasteiger partial charge >= 0.3 is 6.18 Å². The molecule has 3 aromatic rings. The van der Waals surface area contributed by atoms with Gasteiger partial charge in [-0.1, -0.05) is 29.8 Å². The van der Waals surface area contributed by atoms with Crippen LogP contribution in [0.2, 0.25) is 5.02 Å². The van der Waals surface area contributed by atoms with Gasteiger partial charge in [-0.15, -0.1) is 0 Å². The van der Waals surface area contributed by atoms with Crippen LogP contribution in [0.4, 0.5) is 18.9 Å². The lowest BCUT2D eigenvalue weighted by Gasteiger charge is -2.11. The zero-order chi connectivity index (χ0) is 20.5. The molecule has 3 rings (SSSR count). The van der Waals surface area contributed by atoms with E-state index in [-0.39, 0.29) is 15.6 Å². The van der Waals surface area contributed by atoms with Gasteiger partial charge < -0.3 is 9.73 Å². The Kier molecular flexibility index (Phi) is 5.22. The number of hydrogen-bond acceptors (Lipinski definition) is 4. The molecular weight excluding hydrogens is 419 g/mol. The average Bonchev–Trinajstić information content (AvgIpc) is 3.14. The quantitative estimate of drug-likeness (QED) is 0.630. The normalized spacial score (nSPS) is 12.0. The first kappa shape index (κ1) is 20.0. The molecule has 0 saturated heterocycles. The van der Waals surface area contributed by atoms with Crippen molar-refractivity contribution in [2.45, 2.75) is 16.2 Å². The van der Waals surface area contributed by atoms with Gasteiger partial charge in [0.2, 0.25) is 14.9 Å². The first-order chi connectivity index (χ1) is 13.1. The molecule has 5 nitrogen and oxygen atoms in total. The smallest absolute Gasteiger partial charge is 0.416 e. The SMILES string of the molecule is O=C(Nc1cc(C(F)(F)F)ccc1Cl)c1ccc(S(=O)(=O)c2ccccc2)o1. The fraction of sp³-hybridized carbons (Fsp3) is 0.0556. The molecule has 0 aliphatic carbocycles. The third-order valence-electron chi connectivity index (χ3n) is 3.67. The van der Waals surface area contributed by atoms with Crippen LogP contribution in [0, 0.1) is 0 Å². The van der Waals surface area contributed by atoms with Crippen LogP contribution >= 0.6 is 11.6 Å². The lowest BCUT2D eigenvalue weighted by molar-refractivity contribution is -0.137. The molecule has 0 spiro atoms. The summed E-state index contributed by atoms with van der Waals surface area (Å²) in [6.45, 7) is 0. The number of halogens is 4. The highest BCUT2D eigenvalue weighted by molar-refractivity contribution is 7.91. The van der Waals surface area contributed by atoms with E-state index in [1.54, 1.807) is 6.07 Å². The van der Waals surface area contributed by atoms with Crippen molar-refractivity contribution in [1.82, 2.24) is 0 Å². The number of carbonyl (C=O) groups is 1. The number of furan rings is 1. The van der Waals surface area contributed by atoms with Crippen LogP contribution in [0.25, 0.3) is 0 Å². The summed E-state index contributed by atoms with van der Waals surface area (Å²) in [5.74, 6) is -1.35. The maximum atomic E-state index is 12.8. The molecule has 10 heteroatoms. The molecule has 0 saturated carbocycles. The van der Waals surface area contributed by atoms with Crippen LogP contribution in [-0.4, -0.2) is 14.3 Å². The minimum Gasteiger partial charge on any atom is -0.439 e. The van der Waals surface area contributed by atoms with Gasteiger partial charge in [0.1, 0.15) is 0 Å². The largest absolute Gasteiger partial charge is 0.439 e.